The number of ether oxygens (including phenoxy) is 1. The monoisotopic (exact) mass is 428 g/mol. The van der Waals surface area contributed by atoms with Crippen LogP contribution in [-0.4, -0.2) is 23.5 Å². The van der Waals surface area contributed by atoms with E-state index in [4.69, 9.17) is 28.6 Å². The van der Waals surface area contributed by atoms with Crippen LogP contribution in [0, 0.1) is 13.8 Å². The van der Waals surface area contributed by atoms with Crippen molar-refractivity contribution in [3.8, 4) is 5.75 Å². The number of carbonyl (C=O) groups excluding carboxylic acids is 2. The predicted molar refractivity (Wildman–Crippen MR) is 118 cm³/mol. The summed E-state index contributed by atoms with van der Waals surface area (Å²) in [5, 5.41) is 5.34. The van der Waals surface area contributed by atoms with E-state index in [1.54, 1.807) is 12.1 Å². The molecule has 2 N–H and O–H groups in total. The number of carbonyl (C=O) groups is 2. The highest BCUT2D eigenvalue weighted by Crippen LogP contribution is 2.32. The molecule has 0 unspecified atom stereocenters. The third-order valence-corrected chi connectivity index (χ3v) is 4.93. The van der Waals surface area contributed by atoms with Crippen LogP contribution in [-0.2, 0) is 16.0 Å². The molecule has 0 spiro atoms. The standard InChI is InChI=1S/C22H21ClN2O3S/c1-4-28-19-11-15(9-17-20(26)24-22(29)25-21(17)27)10-18(23)16(19)8-14-6-12(2)5-13(3)7-14/h5-7,9-11H,4,8H2,1-3H3,(H2,24,25,26,27,29). The van der Waals surface area contributed by atoms with Crippen molar-refractivity contribution in [1.29, 1.82) is 0 Å². The average molecular weight is 429 g/mol. The lowest BCUT2D eigenvalue weighted by Crippen LogP contribution is -2.51. The normalized spacial score (nSPS) is 13.8. The van der Waals surface area contributed by atoms with Crippen molar-refractivity contribution >= 4 is 46.8 Å². The highest BCUT2D eigenvalue weighted by molar-refractivity contribution is 7.80. The Labute approximate surface area is 180 Å². The molecule has 5 nitrogen and oxygen atoms in total. The first-order valence-corrected chi connectivity index (χ1v) is 9.96. The lowest BCUT2D eigenvalue weighted by atomic mass is 9.98. The van der Waals surface area contributed by atoms with Gasteiger partial charge in [-0.1, -0.05) is 40.9 Å². The Morgan fingerprint density at radius 1 is 1.03 bits per heavy atom. The molecular formula is C22H21ClN2O3S. The molecule has 3 rings (SSSR count). The molecule has 29 heavy (non-hydrogen) atoms. The van der Waals surface area contributed by atoms with Crippen LogP contribution in [0.1, 0.15) is 34.7 Å². The molecule has 2 amide bonds. The number of rotatable bonds is 5. The maximum Gasteiger partial charge on any atom is 0.263 e. The fourth-order valence-corrected chi connectivity index (χ4v) is 3.79. The van der Waals surface area contributed by atoms with E-state index in [-0.39, 0.29) is 10.7 Å². The summed E-state index contributed by atoms with van der Waals surface area (Å²) in [6, 6.07) is 9.87. The van der Waals surface area contributed by atoms with E-state index in [2.05, 4.69) is 42.7 Å². The molecule has 0 saturated carbocycles. The maximum absolute atomic E-state index is 12.1. The molecule has 0 radical (unpaired) electrons. The molecule has 2 aromatic carbocycles. The van der Waals surface area contributed by atoms with Crippen LogP contribution in [0.3, 0.4) is 0 Å². The van der Waals surface area contributed by atoms with Gasteiger partial charge in [0.2, 0.25) is 0 Å². The van der Waals surface area contributed by atoms with Crippen LogP contribution in [0.2, 0.25) is 5.02 Å². The third-order valence-electron chi connectivity index (χ3n) is 4.39. The Morgan fingerprint density at radius 3 is 2.24 bits per heavy atom. The highest BCUT2D eigenvalue weighted by atomic mass is 35.5. The zero-order valence-corrected chi connectivity index (χ0v) is 18.0. The van der Waals surface area contributed by atoms with Crippen LogP contribution in [0.4, 0.5) is 0 Å². The largest absolute Gasteiger partial charge is 0.494 e. The first-order chi connectivity index (χ1) is 13.8. The summed E-state index contributed by atoms with van der Waals surface area (Å²) >= 11 is 11.4. The van der Waals surface area contributed by atoms with Crippen molar-refractivity contribution in [2.24, 2.45) is 0 Å². The highest BCUT2D eigenvalue weighted by Gasteiger charge is 2.26. The topological polar surface area (TPSA) is 67.4 Å². The van der Waals surface area contributed by atoms with Crippen molar-refractivity contribution in [1.82, 2.24) is 10.6 Å². The minimum absolute atomic E-state index is 0.00557. The van der Waals surface area contributed by atoms with Gasteiger partial charge in [0, 0.05) is 17.0 Å². The molecule has 1 aliphatic rings. The van der Waals surface area contributed by atoms with Crippen molar-refractivity contribution < 1.29 is 14.3 Å². The Morgan fingerprint density at radius 2 is 1.66 bits per heavy atom. The number of aryl methyl sites for hydroxylation is 2. The molecule has 0 bridgehead atoms. The van der Waals surface area contributed by atoms with Crippen LogP contribution in [0.25, 0.3) is 6.08 Å². The molecule has 0 aliphatic carbocycles. The lowest BCUT2D eigenvalue weighted by molar-refractivity contribution is -0.123. The van der Waals surface area contributed by atoms with Crippen LogP contribution in [0.5, 0.6) is 5.75 Å². The van der Waals surface area contributed by atoms with Crippen molar-refractivity contribution in [3.63, 3.8) is 0 Å². The number of hydrogen-bond donors (Lipinski definition) is 2. The van der Waals surface area contributed by atoms with Gasteiger partial charge in [-0.2, -0.15) is 0 Å². The van der Waals surface area contributed by atoms with Gasteiger partial charge in [-0.25, -0.2) is 0 Å². The zero-order valence-electron chi connectivity index (χ0n) is 16.4. The number of nitrogens with one attached hydrogen (secondary N) is 2. The van der Waals surface area contributed by atoms with Crippen molar-refractivity contribution in [3.05, 3.63) is 68.7 Å². The Balaban J connectivity index is 2.00. The van der Waals surface area contributed by atoms with Gasteiger partial charge in [-0.3, -0.25) is 20.2 Å². The van der Waals surface area contributed by atoms with Crippen molar-refractivity contribution in [2.75, 3.05) is 6.61 Å². The number of benzene rings is 2. The number of halogens is 1. The summed E-state index contributed by atoms with van der Waals surface area (Å²) in [4.78, 5) is 24.2. The molecule has 1 heterocycles. The SMILES string of the molecule is CCOc1cc(C=C2C(=O)NC(=S)NC2=O)cc(Cl)c1Cc1cc(C)cc(C)c1. The number of amides is 2. The molecule has 2 aromatic rings. The van der Waals surface area contributed by atoms with Gasteiger partial charge in [0.05, 0.1) is 6.61 Å². The molecule has 1 fully saturated rings. The fourth-order valence-electron chi connectivity index (χ4n) is 3.32. The smallest absolute Gasteiger partial charge is 0.263 e. The van der Waals surface area contributed by atoms with E-state index < -0.39 is 11.8 Å². The number of thiocarbonyl (C=S) groups is 1. The second-order valence-electron chi connectivity index (χ2n) is 6.88. The molecule has 0 aromatic heterocycles. The lowest BCUT2D eigenvalue weighted by Gasteiger charge is -2.17. The van der Waals surface area contributed by atoms with Crippen molar-refractivity contribution in [2.45, 2.75) is 27.2 Å². The first-order valence-electron chi connectivity index (χ1n) is 9.17. The van der Waals surface area contributed by atoms with Gasteiger partial charge in [0.25, 0.3) is 11.8 Å². The second-order valence-corrected chi connectivity index (χ2v) is 7.70. The van der Waals surface area contributed by atoms with Gasteiger partial charge in [0.15, 0.2) is 5.11 Å². The van der Waals surface area contributed by atoms with Gasteiger partial charge in [-0.05, 0) is 62.3 Å². The second kappa shape index (κ2) is 8.76. The first kappa shape index (κ1) is 21.0. The van der Waals surface area contributed by atoms with E-state index in [1.165, 1.54) is 17.2 Å². The molecular weight excluding hydrogens is 408 g/mol. The summed E-state index contributed by atoms with van der Waals surface area (Å²) in [5.41, 5.74) is 4.91. The Hall–Kier alpha value is -2.70. The maximum atomic E-state index is 12.1. The van der Waals surface area contributed by atoms with Gasteiger partial charge in [0.1, 0.15) is 11.3 Å². The fraction of sp³-hybridized carbons (Fsp3) is 0.227. The third kappa shape index (κ3) is 5.02. The summed E-state index contributed by atoms with van der Waals surface area (Å²) in [6.07, 6.45) is 2.09. The number of hydrogen-bond acceptors (Lipinski definition) is 4. The Kier molecular flexibility index (Phi) is 6.35. The van der Waals surface area contributed by atoms with E-state index in [0.29, 0.717) is 29.4 Å². The quantitative estimate of drug-likeness (QED) is 0.431. The molecule has 1 saturated heterocycles. The van der Waals surface area contributed by atoms with E-state index in [0.717, 1.165) is 11.1 Å². The summed E-state index contributed by atoms with van der Waals surface area (Å²) < 4.78 is 5.82. The summed E-state index contributed by atoms with van der Waals surface area (Å²) in [5.74, 6) is -0.475. The minimum Gasteiger partial charge on any atom is -0.494 e. The van der Waals surface area contributed by atoms with Crippen LogP contribution in [0.15, 0.2) is 35.9 Å². The van der Waals surface area contributed by atoms with Gasteiger partial charge in [-0.15, -0.1) is 0 Å². The molecule has 1 aliphatic heterocycles. The van der Waals surface area contributed by atoms with E-state index in [9.17, 15) is 9.59 Å². The molecule has 7 heteroatoms. The van der Waals surface area contributed by atoms with Crippen LogP contribution < -0.4 is 15.4 Å². The molecule has 0 atom stereocenters. The molecule has 150 valence electrons. The minimum atomic E-state index is -0.549. The Bertz CT molecular complexity index is 1000. The van der Waals surface area contributed by atoms with Gasteiger partial charge >= 0.3 is 0 Å². The van der Waals surface area contributed by atoms with E-state index in [1.807, 2.05) is 6.92 Å². The van der Waals surface area contributed by atoms with E-state index >= 15 is 0 Å². The van der Waals surface area contributed by atoms with Gasteiger partial charge < -0.3 is 4.74 Å². The summed E-state index contributed by atoms with van der Waals surface area (Å²) in [6.45, 7) is 6.47. The average Bonchev–Trinajstić information content (AvgIpc) is 2.60. The van der Waals surface area contributed by atoms with Crippen LogP contribution >= 0.6 is 23.8 Å². The summed E-state index contributed by atoms with van der Waals surface area (Å²) in [7, 11) is 0. The predicted octanol–water partition coefficient (Wildman–Crippen LogP) is 3.86. The zero-order chi connectivity index (χ0) is 21.1.